The lowest BCUT2D eigenvalue weighted by molar-refractivity contribution is 0.0526. The molecule has 0 bridgehead atoms. The van der Waals surface area contributed by atoms with Crippen LogP contribution in [0.4, 0.5) is 10.1 Å². The van der Waals surface area contributed by atoms with Crippen LogP contribution in [-0.2, 0) is 11.3 Å². The zero-order valence-corrected chi connectivity index (χ0v) is 13.1. The summed E-state index contributed by atoms with van der Waals surface area (Å²) in [6.45, 7) is 2.60. The molecule has 21 heavy (non-hydrogen) atoms. The molecule has 0 amide bonds. The van der Waals surface area contributed by atoms with E-state index in [4.69, 9.17) is 4.74 Å². The number of carbonyl (C=O) groups excluding carboxylic acids is 1. The number of hydrogen-bond acceptors (Lipinski definition) is 3. The van der Waals surface area contributed by atoms with Gasteiger partial charge >= 0.3 is 5.97 Å². The lowest BCUT2D eigenvalue weighted by Crippen LogP contribution is -2.06. The Morgan fingerprint density at radius 1 is 1.29 bits per heavy atom. The van der Waals surface area contributed by atoms with Crippen molar-refractivity contribution in [2.75, 3.05) is 11.9 Å². The Balaban J connectivity index is 2.06. The van der Waals surface area contributed by atoms with Gasteiger partial charge in [0.1, 0.15) is 5.82 Å². The zero-order valence-electron chi connectivity index (χ0n) is 11.5. The molecule has 110 valence electrons. The fourth-order valence-electron chi connectivity index (χ4n) is 1.84. The van der Waals surface area contributed by atoms with Gasteiger partial charge in [-0.2, -0.15) is 0 Å². The molecule has 0 saturated heterocycles. The van der Waals surface area contributed by atoms with E-state index in [0.717, 1.165) is 15.7 Å². The minimum absolute atomic E-state index is 0.258. The molecule has 1 N–H and O–H groups in total. The SMILES string of the molecule is CCOC(=O)c1ccc(NCc2cccc(F)c2)c(Br)c1. The molecule has 0 aromatic heterocycles. The maximum Gasteiger partial charge on any atom is 0.338 e. The molecule has 0 aliphatic heterocycles. The molecule has 3 nitrogen and oxygen atoms in total. The molecule has 0 aliphatic carbocycles. The zero-order chi connectivity index (χ0) is 15.2. The molecule has 0 spiro atoms. The molecule has 2 aromatic rings. The van der Waals surface area contributed by atoms with E-state index < -0.39 is 0 Å². The van der Waals surface area contributed by atoms with Crippen molar-refractivity contribution in [1.29, 1.82) is 0 Å². The molecule has 2 rings (SSSR count). The van der Waals surface area contributed by atoms with Crippen LogP contribution < -0.4 is 5.32 Å². The minimum atomic E-state index is -0.352. The Morgan fingerprint density at radius 2 is 2.10 bits per heavy atom. The quantitative estimate of drug-likeness (QED) is 0.812. The summed E-state index contributed by atoms with van der Waals surface area (Å²) in [5.74, 6) is -0.610. The predicted octanol–water partition coefficient (Wildman–Crippen LogP) is 4.38. The van der Waals surface area contributed by atoms with Crippen molar-refractivity contribution >= 4 is 27.6 Å². The van der Waals surface area contributed by atoms with Crippen LogP contribution in [0.25, 0.3) is 0 Å². The summed E-state index contributed by atoms with van der Waals surface area (Å²) in [6.07, 6.45) is 0. The van der Waals surface area contributed by atoms with Gasteiger partial charge in [-0.3, -0.25) is 0 Å². The molecule has 0 atom stereocenters. The number of ether oxygens (including phenoxy) is 1. The van der Waals surface area contributed by atoms with Gasteiger partial charge in [-0.15, -0.1) is 0 Å². The standard InChI is InChI=1S/C16H15BrFNO2/c1-2-21-16(20)12-6-7-15(14(17)9-12)19-10-11-4-3-5-13(18)8-11/h3-9,19H,2,10H2,1H3. The maximum absolute atomic E-state index is 13.1. The van der Waals surface area contributed by atoms with Crippen LogP contribution in [0.15, 0.2) is 46.9 Å². The summed E-state index contributed by atoms with van der Waals surface area (Å²) in [4.78, 5) is 11.6. The van der Waals surface area contributed by atoms with Gasteiger partial charge in [-0.05, 0) is 58.7 Å². The topological polar surface area (TPSA) is 38.3 Å². The van der Waals surface area contributed by atoms with E-state index in [1.54, 1.807) is 31.2 Å². The van der Waals surface area contributed by atoms with E-state index in [1.165, 1.54) is 12.1 Å². The van der Waals surface area contributed by atoms with E-state index >= 15 is 0 Å². The molecule has 0 radical (unpaired) electrons. The molecule has 0 aliphatic rings. The number of halogens is 2. The molecular weight excluding hydrogens is 337 g/mol. The average molecular weight is 352 g/mol. The number of rotatable bonds is 5. The highest BCUT2D eigenvalue weighted by Crippen LogP contribution is 2.24. The van der Waals surface area contributed by atoms with Crippen molar-refractivity contribution in [2.24, 2.45) is 0 Å². The lowest BCUT2D eigenvalue weighted by atomic mass is 10.2. The fraction of sp³-hybridized carbons (Fsp3) is 0.188. The first kappa shape index (κ1) is 15.5. The van der Waals surface area contributed by atoms with E-state index in [9.17, 15) is 9.18 Å². The first-order valence-electron chi connectivity index (χ1n) is 6.55. The summed E-state index contributed by atoms with van der Waals surface area (Å²) < 4.78 is 18.8. The van der Waals surface area contributed by atoms with E-state index in [0.29, 0.717) is 18.7 Å². The van der Waals surface area contributed by atoms with Gasteiger partial charge in [-0.25, -0.2) is 9.18 Å². The predicted molar refractivity (Wildman–Crippen MR) is 83.8 cm³/mol. The van der Waals surface area contributed by atoms with Crippen molar-refractivity contribution in [3.05, 3.63) is 63.9 Å². The van der Waals surface area contributed by atoms with Crippen LogP contribution >= 0.6 is 15.9 Å². The smallest absolute Gasteiger partial charge is 0.338 e. The highest BCUT2D eigenvalue weighted by molar-refractivity contribution is 9.10. The van der Waals surface area contributed by atoms with Gasteiger partial charge in [-0.1, -0.05) is 12.1 Å². The van der Waals surface area contributed by atoms with Crippen molar-refractivity contribution in [2.45, 2.75) is 13.5 Å². The normalized spacial score (nSPS) is 10.2. The van der Waals surface area contributed by atoms with Gasteiger partial charge in [0.15, 0.2) is 0 Å². The maximum atomic E-state index is 13.1. The second-order valence-electron chi connectivity index (χ2n) is 4.40. The van der Waals surface area contributed by atoms with Crippen LogP contribution in [0.1, 0.15) is 22.8 Å². The number of hydrogen-bond donors (Lipinski definition) is 1. The third kappa shape index (κ3) is 4.29. The number of anilines is 1. The lowest BCUT2D eigenvalue weighted by Gasteiger charge is -2.10. The Labute approximate surface area is 131 Å². The number of esters is 1. The first-order valence-corrected chi connectivity index (χ1v) is 7.34. The first-order chi connectivity index (χ1) is 10.1. The van der Waals surface area contributed by atoms with Crippen LogP contribution in [0.2, 0.25) is 0 Å². The molecule has 0 saturated carbocycles. The van der Waals surface area contributed by atoms with Crippen LogP contribution in [-0.4, -0.2) is 12.6 Å². The summed E-state index contributed by atoms with van der Waals surface area (Å²) in [6, 6.07) is 11.6. The van der Waals surface area contributed by atoms with Gasteiger partial charge in [0.25, 0.3) is 0 Å². The third-order valence-electron chi connectivity index (χ3n) is 2.85. The molecule has 2 aromatic carbocycles. The molecule has 0 heterocycles. The second kappa shape index (κ2) is 7.22. The van der Waals surface area contributed by atoms with Crippen LogP contribution in [0.3, 0.4) is 0 Å². The van der Waals surface area contributed by atoms with Crippen LogP contribution in [0.5, 0.6) is 0 Å². The highest BCUT2D eigenvalue weighted by atomic mass is 79.9. The Kier molecular flexibility index (Phi) is 5.33. The van der Waals surface area contributed by atoms with Gasteiger partial charge in [0, 0.05) is 16.7 Å². The fourth-order valence-corrected chi connectivity index (χ4v) is 2.36. The van der Waals surface area contributed by atoms with Gasteiger partial charge in [0.2, 0.25) is 0 Å². The summed E-state index contributed by atoms with van der Waals surface area (Å²) in [7, 11) is 0. The average Bonchev–Trinajstić information content (AvgIpc) is 2.46. The number of nitrogens with one attached hydrogen (secondary N) is 1. The summed E-state index contributed by atoms with van der Waals surface area (Å²) >= 11 is 3.41. The Bertz CT molecular complexity index is 646. The summed E-state index contributed by atoms with van der Waals surface area (Å²) in [5.41, 5.74) is 2.16. The van der Waals surface area contributed by atoms with E-state index in [2.05, 4.69) is 21.2 Å². The van der Waals surface area contributed by atoms with Crippen molar-refractivity contribution in [3.63, 3.8) is 0 Å². The largest absolute Gasteiger partial charge is 0.462 e. The van der Waals surface area contributed by atoms with Crippen molar-refractivity contribution in [3.8, 4) is 0 Å². The van der Waals surface area contributed by atoms with E-state index in [1.807, 2.05) is 6.07 Å². The van der Waals surface area contributed by atoms with Crippen molar-refractivity contribution < 1.29 is 13.9 Å². The van der Waals surface area contributed by atoms with Crippen molar-refractivity contribution in [1.82, 2.24) is 0 Å². The van der Waals surface area contributed by atoms with E-state index in [-0.39, 0.29) is 11.8 Å². The Hall–Kier alpha value is -1.88. The molecule has 5 heteroatoms. The summed E-state index contributed by atoms with van der Waals surface area (Å²) in [5, 5.41) is 3.19. The molecular formula is C16H15BrFNO2. The molecule has 0 unspecified atom stereocenters. The Morgan fingerprint density at radius 3 is 2.76 bits per heavy atom. The molecule has 0 fully saturated rings. The monoisotopic (exact) mass is 351 g/mol. The third-order valence-corrected chi connectivity index (χ3v) is 3.51. The second-order valence-corrected chi connectivity index (χ2v) is 5.25. The minimum Gasteiger partial charge on any atom is -0.462 e. The highest BCUT2D eigenvalue weighted by Gasteiger charge is 2.09. The number of carbonyl (C=O) groups is 1. The van der Waals surface area contributed by atoms with Crippen LogP contribution in [0, 0.1) is 5.82 Å². The van der Waals surface area contributed by atoms with Gasteiger partial charge < -0.3 is 10.1 Å². The van der Waals surface area contributed by atoms with Gasteiger partial charge in [0.05, 0.1) is 12.2 Å². The number of benzene rings is 2.